The van der Waals surface area contributed by atoms with Gasteiger partial charge in [0.25, 0.3) is 0 Å². The molecule has 3 heteroatoms. The van der Waals surface area contributed by atoms with Crippen LogP contribution in [0.25, 0.3) is 0 Å². The molecule has 0 aliphatic heterocycles. The third-order valence-electron chi connectivity index (χ3n) is 1.35. The van der Waals surface area contributed by atoms with Crippen LogP contribution >= 0.6 is 0 Å². The quantitative estimate of drug-likeness (QED) is 0.587. The van der Waals surface area contributed by atoms with Crippen molar-refractivity contribution in [1.82, 2.24) is 0 Å². The van der Waals surface area contributed by atoms with Crippen LogP contribution in [0.2, 0.25) is 0 Å². The lowest BCUT2D eigenvalue weighted by Gasteiger charge is -2.02. The summed E-state index contributed by atoms with van der Waals surface area (Å²) in [5.41, 5.74) is 0. The maximum atomic E-state index is 10.0. The highest BCUT2D eigenvalue weighted by molar-refractivity contribution is 5.66. The monoisotopic (exact) mass is 144 g/mol. The van der Waals surface area contributed by atoms with Gasteiger partial charge in [-0.2, -0.15) is 0 Å². The number of hydrogen-bond acceptors (Lipinski definition) is 2. The van der Waals surface area contributed by atoms with Gasteiger partial charge in [0.2, 0.25) is 0 Å². The minimum Gasteiger partial charge on any atom is -0.481 e. The number of carboxylic acid groups (broad SMARTS) is 1. The third-order valence-corrected chi connectivity index (χ3v) is 1.35. The predicted molar refractivity (Wildman–Crippen MR) is 36.7 cm³/mol. The summed E-state index contributed by atoms with van der Waals surface area (Å²) in [4.78, 5) is 19.9. The average molecular weight is 144 g/mol. The summed E-state index contributed by atoms with van der Waals surface area (Å²) in [5.74, 6) is -0.591. The van der Waals surface area contributed by atoms with Gasteiger partial charge in [-0.3, -0.25) is 4.79 Å². The Morgan fingerprint density at radius 2 is 2.30 bits per heavy atom. The molecule has 0 aromatic carbocycles. The summed E-state index contributed by atoms with van der Waals surface area (Å²) in [6.45, 7) is 1.87. The first-order chi connectivity index (χ1) is 4.66. The number of rotatable bonds is 5. The molecule has 58 valence electrons. The van der Waals surface area contributed by atoms with Crippen LogP contribution in [-0.4, -0.2) is 17.4 Å². The summed E-state index contributed by atoms with van der Waals surface area (Å²) in [6.07, 6.45) is 2.04. The van der Waals surface area contributed by atoms with Gasteiger partial charge >= 0.3 is 5.97 Å². The van der Waals surface area contributed by atoms with E-state index in [2.05, 4.69) is 0 Å². The Morgan fingerprint density at radius 3 is 2.70 bits per heavy atom. The van der Waals surface area contributed by atoms with Crippen molar-refractivity contribution < 1.29 is 14.7 Å². The van der Waals surface area contributed by atoms with E-state index in [0.29, 0.717) is 12.8 Å². The van der Waals surface area contributed by atoms with Gasteiger partial charge in [0.05, 0.1) is 0 Å². The largest absolute Gasteiger partial charge is 0.481 e. The Balaban J connectivity index is 3.29. The molecule has 0 saturated heterocycles. The van der Waals surface area contributed by atoms with E-state index in [1.54, 1.807) is 0 Å². The van der Waals surface area contributed by atoms with E-state index in [0.717, 1.165) is 6.29 Å². The summed E-state index contributed by atoms with van der Waals surface area (Å²) < 4.78 is 0. The topological polar surface area (TPSA) is 54.4 Å². The standard InChI is InChI=1S/C7H12O3/c1-6(4-5-8)2-3-7(9)10/h5-6H,2-4H2,1H3,(H,9,10). The van der Waals surface area contributed by atoms with Gasteiger partial charge in [0.15, 0.2) is 0 Å². The second-order valence-corrected chi connectivity index (χ2v) is 2.44. The number of aldehydes is 1. The highest BCUT2D eigenvalue weighted by atomic mass is 16.4. The molecule has 0 aliphatic carbocycles. The minimum atomic E-state index is -0.794. The van der Waals surface area contributed by atoms with E-state index in [9.17, 15) is 9.59 Å². The third kappa shape index (κ3) is 5.28. The molecular formula is C7H12O3. The molecule has 0 spiro atoms. The number of carboxylic acids is 1. The van der Waals surface area contributed by atoms with Crippen molar-refractivity contribution in [2.24, 2.45) is 5.92 Å². The smallest absolute Gasteiger partial charge is 0.303 e. The highest BCUT2D eigenvalue weighted by Gasteiger charge is 2.03. The SMILES string of the molecule is CC(CC=O)CCC(=O)O. The highest BCUT2D eigenvalue weighted by Crippen LogP contribution is 2.07. The van der Waals surface area contributed by atoms with Gasteiger partial charge in [0.1, 0.15) is 6.29 Å². The lowest BCUT2D eigenvalue weighted by molar-refractivity contribution is -0.137. The molecule has 10 heavy (non-hydrogen) atoms. The number of aliphatic carboxylic acids is 1. The van der Waals surface area contributed by atoms with E-state index in [1.807, 2.05) is 6.92 Å². The number of carbonyl (C=O) groups excluding carboxylic acids is 1. The normalized spacial score (nSPS) is 12.5. The maximum Gasteiger partial charge on any atom is 0.303 e. The first-order valence-corrected chi connectivity index (χ1v) is 3.32. The molecule has 0 fully saturated rings. The molecule has 0 amide bonds. The van der Waals surface area contributed by atoms with E-state index in [4.69, 9.17) is 5.11 Å². The Kier molecular flexibility index (Phi) is 4.54. The molecule has 1 unspecified atom stereocenters. The minimum absolute atomic E-state index is 0.162. The van der Waals surface area contributed by atoms with E-state index >= 15 is 0 Å². The molecule has 0 aromatic heterocycles. The van der Waals surface area contributed by atoms with Crippen molar-refractivity contribution in [2.75, 3.05) is 0 Å². The average Bonchev–Trinajstić information content (AvgIpc) is 1.85. The molecule has 1 N–H and O–H groups in total. The fourth-order valence-corrected chi connectivity index (χ4v) is 0.652. The molecule has 0 radical (unpaired) electrons. The van der Waals surface area contributed by atoms with Crippen molar-refractivity contribution in [3.05, 3.63) is 0 Å². The Morgan fingerprint density at radius 1 is 1.70 bits per heavy atom. The molecule has 0 rings (SSSR count). The van der Waals surface area contributed by atoms with Crippen LogP contribution in [0.1, 0.15) is 26.2 Å². The van der Waals surface area contributed by atoms with E-state index in [1.165, 1.54) is 0 Å². The molecule has 0 aromatic rings. The van der Waals surface area contributed by atoms with Crippen LogP contribution in [0, 0.1) is 5.92 Å². The molecule has 0 heterocycles. The Bertz CT molecular complexity index is 120. The Labute approximate surface area is 60.0 Å². The molecule has 0 saturated carbocycles. The van der Waals surface area contributed by atoms with Crippen LogP contribution in [0.15, 0.2) is 0 Å². The van der Waals surface area contributed by atoms with Crippen molar-refractivity contribution in [3.8, 4) is 0 Å². The fraction of sp³-hybridized carbons (Fsp3) is 0.714. The van der Waals surface area contributed by atoms with Crippen LogP contribution in [0.5, 0.6) is 0 Å². The van der Waals surface area contributed by atoms with Gasteiger partial charge in [-0.05, 0) is 12.3 Å². The summed E-state index contributed by atoms with van der Waals surface area (Å²) in [5, 5.41) is 8.24. The lowest BCUT2D eigenvalue weighted by atomic mass is 10.0. The molecule has 3 nitrogen and oxygen atoms in total. The molecule has 1 atom stereocenters. The van der Waals surface area contributed by atoms with Crippen LogP contribution < -0.4 is 0 Å². The number of carbonyl (C=O) groups is 2. The van der Waals surface area contributed by atoms with Gasteiger partial charge < -0.3 is 9.90 Å². The van der Waals surface area contributed by atoms with Crippen molar-refractivity contribution in [3.63, 3.8) is 0 Å². The zero-order valence-corrected chi connectivity index (χ0v) is 6.04. The van der Waals surface area contributed by atoms with Gasteiger partial charge in [-0.1, -0.05) is 6.92 Å². The van der Waals surface area contributed by atoms with Crippen molar-refractivity contribution in [1.29, 1.82) is 0 Å². The summed E-state index contributed by atoms with van der Waals surface area (Å²) in [7, 11) is 0. The summed E-state index contributed by atoms with van der Waals surface area (Å²) in [6, 6.07) is 0. The second-order valence-electron chi connectivity index (χ2n) is 2.44. The van der Waals surface area contributed by atoms with Crippen molar-refractivity contribution >= 4 is 12.3 Å². The van der Waals surface area contributed by atoms with Crippen LogP contribution in [0.4, 0.5) is 0 Å². The van der Waals surface area contributed by atoms with E-state index in [-0.39, 0.29) is 12.3 Å². The summed E-state index contributed by atoms with van der Waals surface area (Å²) >= 11 is 0. The molecule has 0 aliphatic rings. The number of hydrogen-bond donors (Lipinski definition) is 1. The van der Waals surface area contributed by atoms with Crippen LogP contribution in [-0.2, 0) is 9.59 Å². The predicted octanol–water partition coefficient (Wildman–Crippen LogP) is 1.08. The maximum absolute atomic E-state index is 10.0. The van der Waals surface area contributed by atoms with Crippen molar-refractivity contribution in [2.45, 2.75) is 26.2 Å². The van der Waals surface area contributed by atoms with Gasteiger partial charge in [-0.15, -0.1) is 0 Å². The second kappa shape index (κ2) is 4.97. The van der Waals surface area contributed by atoms with E-state index < -0.39 is 5.97 Å². The molecular weight excluding hydrogens is 132 g/mol. The lowest BCUT2D eigenvalue weighted by Crippen LogP contribution is -2.01. The molecule has 0 bridgehead atoms. The first-order valence-electron chi connectivity index (χ1n) is 3.32. The zero-order chi connectivity index (χ0) is 7.98. The van der Waals surface area contributed by atoms with Crippen LogP contribution in [0.3, 0.4) is 0 Å². The first kappa shape index (κ1) is 9.14. The Hall–Kier alpha value is -0.860. The fourth-order valence-electron chi connectivity index (χ4n) is 0.652. The van der Waals surface area contributed by atoms with Gasteiger partial charge in [0, 0.05) is 12.8 Å². The van der Waals surface area contributed by atoms with Gasteiger partial charge in [-0.25, -0.2) is 0 Å². The zero-order valence-electron chi connectivity index (χ0n) is 6.04.